The fourth-order valence-electron chi connectivity index (χ4n) is 4.47. The van der Waals surface area contributed by atoms with E-state index in [-0.39, 0.29) is 35.4 Å². The lowest BCUT2D eigenvalue weighted by atomic mass is 9.95. The van der Waals surface area contributed by atoms with Gasteiger partial charge in [-0.15, -0.1) is 0 Å². The van der Waals surface area contributed by atoms with Crippen LogP contribution in [0.25, 0.3) is 11.1 Å². The van der Waals surface area contributed by atoms with Crippen LogP contribution < -0.4 is 4.90 Å². The number of nitrogens with zero attached hydrogens (tertiary/aromatic N) is 2. The van der Waals surface area contributed by atoms with Gasteiger partial charge in [-0.05, 0) is 36.6 Å². The molecular weight excluding hydrogens is 464 g/mol. The highest BCUT2D eigenvalue weighted by Crippen LogP contribution is 2.33. The molecule has 0 N–H and O–H groups in total. The molecule has 3 aromatic carbocycles. The van der Waals surface area contributed by atoms with Crippen LogP contribution in [0.1, 0.15) is 23.2 Å². The molecule has 3 aromatic rings. The Morgan fingerprint density at radius 1 is 0.886 bits per heavy atom. The van der Waals surface area contributed by atoms with Crippen molar-refractivity contribution < 1.29 is 22.7 Å². The molecule has 4 rings (SSSR count). The van der Waals surface area contributed by atoms with E-state index in [4.69, 9.17) is 4.74 Å². The van der Waals surface area contributed by atoms with Gasteiger partial charge in [0.1, 0.15) is 0 Å². The third-order valence-corrected chi connectivity index (χ3v) is 8.35. The Morgan fingerprint density at radius 2 is 1.49 bits per heavy atom. The lowest BCUT2D eigenvalue weighted by Gasteiger charge is -2.33. The Morgan fingerprint density at radius 3 is 2.17 bits per heavy atom. The molecule has 0 bridgehead atoms. The van der Waals surface area contributed by atoms with E-state index in [9.17, 15) is 18.0 Å². The predicted molar refractivity (Wildman–Crippen MR) is 135 cm³/mol. The Kier molecular flexibility index (Phi) is 7.33. The number of hydrogen-bond donors (Lipinski definition) is 0. The van der Waals surface area contributed by atoms with Crippen LogP contribution in [0, 0.1) is 5.92 Å². The molecule has 1 saturated heterocycles. The first-order valence-electron chi connectivity index (χ1n) is 11.4. The predicted octanol–water partition coefficient (Wildman–Crippen LogP) is 4.20. The smallest absolute Gasteiger partial charge is 0.339 e. The van der Waals surface area contributed by atoms with Gasteiger partial charge in [-0.3, -0.25) is 4.79 Å². The standard InChI is InChI=1S/C27H28N2O5S/c1-28(24-14-8-6-12-22(24)20-10-4-3-5-11-20)26(30)21-16-18-29(19-17-21)35(32,33)25-15-9-7-13-23(25)27(31)34-2/h3-15,21H,16-19H2,1-2H3. The minimum atomic E-state index is -3.90. The molecule has 0 unspecified atom stereocenters. The lowest BCUT2D eigenvalue weighted by molar-refractivity contribution is -0.123. The van der Waals surface area contributed by atoms with Gasteiger partial charge in [0.25, 0.3) is 0 Å². The van der Waals surface area contributed by atoms with E-state index < -0.39 is 16.0 Å². The molecule has 0 atom stereocenters. The monoisotopic (exact) mass is 492 g/mol. The molecular formula is C27H28N2O5S. The van der Waals surface area contributed by atoms with Crippen LogP contribution in [0.2, 0.25) is 0 Å². The quantitative estimate of drug-likeness (QED) is 0.482. The van der Waals surface area contributed by atoms with E-state index >= 15 is 0 Å². The number of carbonyl (C=O) groups excluding carboxylic acids is 2. The Bertz CT molecular complexity index is 1320. The van der Waals surface area contributed by atoms with E-state index in [1.165, 1.54) is 23.5 Å². The molecule has 1 amide bonds. The number of esters is 1. The van der Waals surface area contributed by atoms with Crippen molar-refractivity contribution in [1.82, 2.24) is 4.31 Å². The minimum Gasteiger partial charge on any atom is -0.465 e. The number of methoxy groups -OCH3 is 1. The average molecular weight is 493 g/mol. The number of amides is 1. The third kappa shape index (κ3) is 4.99. The van der Waals surface area contributed by atoms with E-state index in [0.717, 1.165) is 16.8 Å². The molecule has 1 aliphatic rings. The zero-order valence-electron chi connectivity index (χ0n) is 19.8. The number of ether oxygens (including phenoxy) is 1. The van der Waals surface area contributed by atoms with Crippen molar-refractivity contribution in [3.8, 4) is 11.1 Å². The highest BCUT2D eigenvalue weighted by Gasteiger charge is 2.35. The van der Waals surface area contributed by atoms with Crippen LogP contribution in [-0.4, -0.2) is 51.8 Å². The number of sulfonamides is 1. The van der Waals surface area contributed by atoms with Crippen LogP contribution in [0.4, 0.5) is 5.69 Å². The van der Waals surface area contributed by atoms with Crippen molar-refractivity contribution in [2.45, 2.75) is 17.7 Å². The van der Waals surface area contributed by atoms with Crippen LogP contribution in [0.5, 0.6) is 0 Å². The Balaban J connectivity index is 1.49. The van der Waals surface area contributed by atoms with Gasteiger partial charge in [-0.25, -0.2) is 13.2 Å². The molecule has 35 heavy (non-hydrogen) atoms. The van der Waals surface area contributed by atoms with Gasteiger partial charge in [0.2, 0.25) is 15.9 Å². The molecule has 0 radical (unpaired) electrons. The Labute approximate surface area is 206 Å². The first-order valence-corrected chi connectivity index (χ1v) is 12.9. The molecule has 0 spiro atoms. The van der Waals surface area contributed by atoms with Crippen LogP contribution in [0.3, 0.4) is 0 Å². The molecule has 1 heterocycles. The summed E-state index contributed by atoms with van der Waals surface area (Å²) < 4.78 is 32.7. The lowest BCUT2D eigenvalue weighted by Crippen LogP contribution is -2.43. The largest absolute Gasteiger partial charge is 0.465 e. The Hall–Kier alpha value is -3.49. The maximum absolute atomic E-state index is 13.4. The molecule has 7 nitrogen and oxygen atoms in total. The highest BCUT2D eigenvalue weighted by atomic mass is 32.2. The molecule has 8 heteroatoms. The van der Waals surface area contributed by atoms with Crippen molar-refractivity contribution >= 4 is 27.6 Å². The van der Waals surface area contributed by atoms with Crippen molar-refractivity contribution in [2.75, 3.05) is 32.1 Å². The summed E-state index contributed by atoms with van der Waals surface area (Å²) in [6, 6.07) is 23.7. The first-order chi connectivity index (χ1) is 16.8. The van der Waals surface area contributed by atoms with Gasteiger partial charge in [0, 0.05) is 31.6 Å². The van der Waals surface area contributed by atoms with Crippen molar-refractivity contribution in [1.29, 1.82) is 0 Å². The minimum absolute atomic E-state index is 0.00505. The van der Waals surface area contributed by atoms with Crippen molar-refractivity contribution in [3.05, 3.63) is 84.4 Å². The number of hydrogen-bond acceptors (Lipinski definition) is 5. The molecule has 0 aliphatic carbocycles. The number of para-hydroxylation sites is 1. The number of piperidine rings is 1. The average Bonchev–Trinajstić information content (AvgIpc) is 2.92. The van der Waals surface area contributed by atoms with Crippen LogP contribution in [-0.2, 0) is 19.6 Å². The number of rotatable bonds is 6. The second-order valence-corrected chi connectivity index (χ2v) is 10.4. The zero-order valence-corrected chi connectivity index (χ0v) is 20.6. The topological polar surface area (TPSA) is 84.0 Å². The molecule has 0 aromatic heterocycles. The summed E-state index contributed by atoms with van der Waals surface area (Å²) in [4.78, 5) is 27.1. The second-order valence-electron chi connectivity index (χ2n) is 8.45. The summed E-state index contributed by atoms with van der Waals surface area (Å²) in [5, 5.41) is 0. The third-order valence-electron chi connectivity index (χ3n) is 6.39. The number of carbonyl (C=O) groups is 2. The van der Waals surface area contributed by atoms with Crippen molar-refractivity contribution in [2.24, 2.45) is 5.92 Å². The van der Waals surface area contributed by atoms with Crippen LogP contribution in [0.15, 0.2) is 83.8 Å². The summed E-state index contributed by atoms with van der Waals surface area (Å²) in [5.41, 5.74) is 2.80. The first kappa shape index (κ1) is 24.6. The fraction of sp³-hybridized carbons (Fsp3) is 0.259. The normalized spacial score (nSPS) is 14.9. The number of benzene rings is 3. The van der Waals surface area contributed by atoms with E-state index in [1.54, 1.807) is 24.1 Å². The maximum atomic E-state index is 13.4. The molecule has 1 aliphatic heterocycles. The van der Waals surface area contributed by atoms with Crippen LogP contribution >= 0.6 is 0 Å². The van der Waals surface area contributed by atoms with E-state index in [1.807, 2.05) is 54.6 Å². The highest BCUT2D eigenvalue weighted by molar-refractivity contribution is 7.89. The summed E-state index contributed by atoms with van der Waals surface area (Å²) >= 11 is 0. The van der Waals surface area contributed by atoms with E-state index in [0.29, 0.717) is 12.8 Å². The maximum Gasteiger partial charge on any atom is 0.339 e. The fourth-order valence-corrected chi connectivity index (χ4v) is 6.12. The molecule has 182 valence electrons. The zero-order chi connectivity index (χ0) is 25.0. The van der Waals surface area contributed by atoms with Gasteiger partial charge in [-0.1, -0.05) is 60.7 Å². The van der Waals surface area contributed by atoms with Gasteiger partial charge in [-0.2, -0.15) is 4.31 Å². The molecule has 0 saturated carbocycles. The SMILES string of the molecule is COC(=O)c1ccccc1S(=O)(=O)N1CCC(C(=O)N(C)c2ccccc2-c2ccccc2)CC1. The van der Waals surface area contributed by atoms with Gasteiger partial charge in [0.15, 0.2) is 0 Å². The van der Waals surface area contributed by atoms with Gasteiger partial charge in [0.05, 0.1) is 23.3 Å². The number of anilines is 1. The van der Waals surface area contributed by atoms with Crippen molar-refractivity contribution in [3.63, 3.8) is 0 Å². The second kappa shape index (κ2) is 10.4. The summed E-state index contributed by atoms with van der Waals surface area (Å²) in [6.07, 6.45) is 0.798. The van der Waals surface area contributed by atoms with Gasteiger partial charge >= 0.3 is 5.97 Å². The van der Waals surface area contributed by atoms with E-state index in [2.05, 4.69) is 0 Å². The van der Waals surface area contributed by atoms with Gasteiger partial charge < -0.3 is 9.64 Å². The summed E-state index contributed by atoms with van der Waals surface area (Å²) in [6.45, 7) is 0.394. The summed E-state index contributed by atoms with van der Waals surface area (Å²) in [7, 11) is -0.923. The molecule has 1 fully saturated rings. The summed E-state index contributed by atoms with van der Waals surface area (Å²) in [5.74, 6) is -1.04.